The van der Waals surface area contributed by atoms with Gasteiger partial charge in [-0.05, 0) is 6.92 Å². The molecular weight excluding hydrogens is 258 g/mol. The van der Waals surface area contributed by atoms with Gasteiger partial charge in [0.2, 0.25) is 0 Å². The highest BCUT2D eigenvalue weighted by Gasteiger charge is 2.40. The monoisotopic (exact) mass is 277 g/mol. The summed E-state index contributed by atoms with van der Waals surface area (Å²) in [4.78, 5) is 0. The maximum absolute atomic E-state index is 12.4. The Kier molecular flexibility index (Phi) is 9.25. The van der Waals surface area contributed by atoms with Crippen LogP contribution in [0.4, 0.5) is 17.6 Å². The van der Waals surface area contributed by atoms with E-state index in [1.54, 1.807) is 0 Å². The molecule has 0 bridgehead atoms. The summed E-state index contributed by atoms with van der Waals surface area (Å²) in [6.07, 6.45) is -4.75. The van der Waals surface area contributed by atoms with E-state index in [-0.39, 0.29) is 19.8 Å². The number of aliphatic hydroxyl groups excluding tert-OH is 1. The molecule has 0 saturated heterocycles. The Morgan fingerprint density at radius 3 is 2.39 bits per heavy atom. The molecule has 1 unspecified atom stereocenters. The Balaban J connectivity index is 3.50. The molecule has 1 atom stereocenters. The standard InChI is InChI=1S/C10H19F4NO3/c1-2-17-3-4-18-6-8(16)5-15-7-10(13,14)9(11)12/h8-9,15-16H,2-7H2,1H3. The summed E-state index contributed by atoms with van der Waals surface area (Å²) < 4.78 is 58.4. The van der Waals surface area contributed by atoms with Gasteiger partial charge in [-0.15, -0.1) is 0 Å². The van der Waals surface area contributed by atoms with Gasteiger partial charge in [-0.2, -0.15) is 8.78 Å². The highest BCUT2D eigenvalue weighted by atomic mass is 19.3. The third kappa shape index (κ3) is 8.62. The third-order valence-electron chi connectivity index (χ3n) is 1.95. The highest BCUT2D eigenvalue weighted by Crippen LogP contribution is 2.21. The predicted molar refractivity (Wildman–Crippen MR) is 57.1 cm³/mol. The molecule has 0 saturated carbocycles. The van der Waals surface area contributed by atoms with E-state index in [0.717, 1.165) is 0 Å². The molecule has 0 aromatic heterocycles. The Labute approximate surface area is 103 Å². The molecule has 0 rings (SSSR count). The normalized spacial score (nSPS) is 14.2. The van der Waals surface area contributed by atoms with Gasteiger partial charge in [0.15, 0.2) is 0 Å². The zero-order valence-corrected chi connectivity index (χ0v) is 10.2. The second kappa shape index (κ2) is 9.48. The fraction of sp³-hybridized carbons (Fsp3) is 1.00. The largest absolute Gasteiger partial charge is 0.389 e. The summed E-state index contributed by atoms with van der Waals surface area (Å²) >= 11 is 0. The molecule has 0 aromatic rings. The first-order valence-corrected chi connectivity index (χ1v) is 5.60. The van der Waals surface area contributed by atoms with Crippen molar-refractivity contribution < 1.29 is 32.1 Å². The fourth-order valence-corrected chi connectivity index (χ4v) is 1.02. The number of aliphatic hydroxyl groups is 1. The molecule has 0 amide bonds. The zero-order valence-electron chi connectivity index (χ0n) is 10.2. The molecule has 0 aliphatic heterocycles. The van der Waals surface area contributed by atoms with Crippen LogP contribution < -0.4 is 5.32 Å². The van der Waals surface area contributed by atoms with Gasteiger partial charge in [-0.1, -0.05) is 0 Å². The Morgan fingerprint density at radius 2 is 1.83 bits per heavy atom. The molecule has 0 aliphatic carbocycles. The second-order valence-electron chi connectivity index (χ2n) is 3.62. The molecule has 0 aliphatic rings. The summed E-state index contributed by atoms with van der Waals surface area (Å²) in [5.41, 5.74) is 0. The summed E-state index contributed by atoms with van der Waals surface area (Å²) in [6.45, 7) is 1.54. The van der Waals surface area contributed by atoms with Crippen LogP contribution in [0.3, 0.4) is 0 Å². The first-order valence-electron chi connectivity index (χ1n) is 5.60. The van der Waals surface area contributed by atoms with Gasteiger partial charge in [-0.25, -0.2) is 8.78 Å². The van der Waals surface area contributed by atoms with Crippen LogP contribution in [0.1, 0.15) is 6.92 Å². The van der Waals surface area contributed by atoms with E-state index in [4.69, 9.17) is 9.47 Å². The highest BCUT2D eigenvalue weighted by molar-refractivity contribution is 4.73. The minimum atomic E-state index is -4.09. The topological polar surface area (TPSA) is 50.7 Å². The smallest absolute Gasteiger partial charge is 0.319 e. The maximum Gasteiger partial charge on any atom is 0.319 e. The SMILES string of the molecule is CCOCCOCC(O)CNCC(F)(F)C(F)F. The molecule has 2 N–H and O–H groups in total. The molecular formula is C10H19F4NO3. The molecule has 0 aromatic carbocycles. The summed E-state index contributed by atoms with van der Waals surface area (Å²) in [6, 6.07) is 0. The van der Waals surface area contributed by atoms with Gasteiger partial charge < -0.3 is 19.9 Å². The van der Waals surface area contributed by atoms with Crippen molar-refractivity contribution in [3.63, 3.8) is 0 Å². The van der Waals surface area contributed by atoms with E-state index in [0.29, 0.717) is 13.2 Å². The number of rotatable bonds is 11. The van der Waals surface area contributed by atoms with E-state index in [2.05, 4.69) is 5.32 Å². The molecule has 0 radical (unpaired) electrons. The van der Waals surface area contributed by atoms with Crippen molar-refractivity contribution in [3.05, 3.63) is 0 Å². The van der Waals surface area contributed by atoms with Crippen molar-refractivity contribution in [3.8, 4) is 0 Å². The van der Waals surface area contributed by atoms with Gasteiger partial charge in [0, 0.05) is 13.2 Å². The minimum absolute atomic E-state index is 0.0691. The van der Waals surface area contributed by atoms with Crippen LogP contribution in [0.2, 0.25) is 0 Å². The number of ether oxygens (including phenoxy) is 2. The lowest BCUT2D eigenvalue weighted by Gasteiger charge is -2.17. The lowest BCUT2D eigenvalue weighted by molar-refractivity contribution is -0.126. The van der Waals surface area contributed by atoms with Gasteiger partial charge in [0.1, 0.15) is 0 Å². The molecule has 110 valence electrons. The predicted octanol–water partition coefficient (Wildman–Crippen LogP) is 0.890. The van der Waals surface area contributed by atoms with Crippen molar-refractivity contribution in [2.75, 3.05) is 39.5 Å². The Bertz CT molecular complexity index is 208. The Hall–Kier alpha value is -0.440. The molecule has 18 heavy (non-hydrogen) atoms. The van der Waals surface area contributed by atoms with Crippen LogP contribution >= 0.6 is 0 Å². The van der Waals surface area contributed by atoms with Crippen molar-refractivity contribution in [2.45, 2.75) is 25.4 Å². The number of nitrogens with one attached hydrogen (secondary N) is 1. The van der Waals surface area contributed by atoms with Crippen LogP contribution in [0.15, 0.2) is 0 Å². The van der Waals surface area contributed by atoms with Crippen LogP contribution in [-0.4, -0.2) is 63.1 Å². The van der Waals surface area contributed by atoms with Gasteiger partial charge >= 0.3 is 12.3 Å². The van der Waals surface area contributed by atoms with Crippen LogP contribution in [0.25, 0.3) is 0 Å². The van der Waals surface area contributed by atoms with E-state index in [1.807, 2.05) is 6.92 Å². The molecule has 8 heteroatoms. The summed E-state index contributed by atoms with van der Waals surface area (Å²) in [5.74, 6) is -4.09. The zero-order chi connectivity index (χ0) is 14.0. The summed E-state index contributed by atoms with van der Waals surface area (Å²) in [7, 11) is 0. The van der Waals surface area contributed by atoms with E-state index >= 15 is 0 Å². The Morgan fingerprint density at radius 1 is 1.22 bits per heavy atom. The summed E-state index contributed by atoms with van der Waals surface area (Å²) in [5, 5.41) is 11.3. The van der Waals surface area contributed by atoms with E-state index < -0.39 is 25.0 Å². The molecule has 0 fully saturated rings. The molecule has 4 nitrogen and oxygen atoms in total. The number of alkyl halides is 4. The maximum atomic E-state index is 12.4. The van der Waals surface area contributed by atoms with E-state index in [9.17, 15) is 22.7 Å². The fourth-order valence-electron chi connectivity index (χ4n) is 1.02. The minimum Gasteiger partial charge on any atom is -0.389 e. The van der Waals surface area contributed by atoms with Gasteiger partial charge in [-0.3, -0.25) is 0 Å². The molecule has 0 spiro atoms. The number of halogens is 4. The van der Waals surface area contributed by atoms with Gasteiger partial charge in [0.25, 0.3) is 0 Å². The molecule has 0 heterocycles. The van der Waals surface area contributed by atoms with Crippen LogP contribution in [0.5, 0.6) is 0 Å². The first-order chi connectivity index (χ1) is 8.40. The third-order valence-corrected chi connectivity index (χ3v) is 1.95. The van der Waals surface area contributed by atoms with Crippen molar-refractivity contribution in [1.82, 2.24) is 5.32 Å². The van der Waals surface area contributed by atoms with Gasteiger partial charge in [0.05, 0.1) is 32.5 Å². The average molecular weight is 277 g/mol. The average Bonchev–Trinajstić information content (AvgIpc) is 2.28. The lowest BCUT2D eigenvalue weighted by atomic mass is 10.3. The second-order valence-corrected chi connectivity index (χ2v) is 3.62. The quantitative estimate of drug-likeness (QED) is 0.435. The number of hydrogen-bond donors (Lipinski definition) is 2. The van der Waals surface area contributed by atoms with Crippen LogP contribution in [0, 0.1) is 0 Å². The van der Waals surface area contributed by atoms with Crippen molar-refractivity contribution in [2.24, 2.45) is 0 Å². The van der Waals surface area contributed by atoms with Crippen molar-refractivity contribution in [1.29, 1.82) is 0 Å². The first kappa shape index (κ1) is 17.6. The van der Waals surface area contributed by atoms with E-state index in [1.165, 1.54) is 0 Å². The van der Waals surface area contributed by atoms with Crippen LogP contribution in [-0.2, 0) is 9.47 Å². The number of hydrogen-bond acceptors (Lipinski definition) is 4. The lowest BCUT2D eigenvalue weighted by Crippen LogP contribution is -2.42. The van der Waals surface area contributed by atoms with Crippen molar-refractivity contribution >= 4 is 0 Å².